The standard InChI is InChI=1S/C11H21NO2/c1-3-5-7-11(14)12(9-10-13)8-6-4-2/h3,13H,1,4-10H2,2H3. The average molecular weight is 199 g/mol. The number of aliphatic hydroxyl groups excluding tert-OH is 1. The smallest absolute Gasteiger partial charge is 0.222 e. The van der Waals surface area contributed by atoms with Crippen LogP contribution in [0.3, 0.4) is 0 Å². The molecule has 0 aliphatic heterocycles. The summed E-state index contributed by atoms with van der Waals surface area (Å²) in [5, 5.41) is 8.80. The molecule has 82 valence electrons. The van der Waals surface area contributed by atoms with Crippen LogP contribution in [0, 0.1) is 0 Å². The van der Waals surface area contributed by atoms with Crippen LogP contribution in [0.4, 0.5) is 0 Å². The van der Waals surface area contributed by atoms with E-state index >= 15 is 0 Å². The second-order valence-corrected chi connectivity index (χ2v) is 3.29. The van der Waals surface area contributed by atoms with Crippen molar-refractivity contribution < 1.29 is 9.90 Å². The monoisotopic (exact) mass is 199 g/mol. The van der Waals surface area contributed by atoms with Gasteiger partial charge in [0, 0.05) is 19.5 Å². The van der Waals surface area contributed by atoms with E-state index in [0.717, 1.165) is 19.4 Å². The fourth-order valence-corrected chi connectivity index (χ4v) is 1.21. The third-order valence-corrected chi connectivity index (χ3v) is 2.07. The summed E-state index contributed by atoms with van der Waals surface area (Å²) >= 11 is 0. The summed E-state index contributed by atoms with van der Waals surface area (Å²) in [4.78, 5) is 13.3. The highest BCUT2D eigenvalue weighted by Gasteiger charge is 2.10. The molecule has 14 heavy (non-hydrogen) atoms. The summed E-state index contributed by atoms with van der Waals surface area (Å²) < 4.78 is 0. The largest absolute Gasteiger partial charge is 0.395 e. The van der Waals surface area contributed by atoms with Gasteiger partial charge in [0.2, 0.25) is 5.91 Å². The Balaban J connectivity index is 3.89. The molecule has 3 heteroatoms. The zero-order valence-electron chi connectivity index (χ0n) is 9.04. The lowest BCUT2D eigenvalue weighted by Gasteiger charge is -2.21. The van der Waals surface area contributed by atoms with E-state index in [2.05, 4.69) is 13.5 Å². The molecule has 0 aromatic heterocycles. The number of hydrogen-bond acceptors (Lipinski definition) is 2. The van der Waals surface area contributed by atoms with E-state index in [1.54, 1.807) is 11.0 Å². The van der Waals surface area contributed by atoms with Crippen LogP contribution in [0.1, 0.15) is 32.6 Å². The lowest BCUT2D eigenvalue weighted by Crippen LogP contribution is -2.34. The Morgan fingerprint density at radius 2 is 2.21 bits per heavy atom. The minimum atomic E-state index is 0.0452. The Bertz CT molecular complexity index is 169. The van der Waals surface area contributed by atoms with Crippen LogP contribution in [0.15, 0.2) is 12.7 Å². The molecule has 0 saturated carbocycles. The summed E-state index contributed by atoms with van der Waals surface area (Å²) in [7, 11) is 0. The molecule has 0 heterocycles. The molecule has 0 fully saturated rings. The van der Waals surface area contributed by atoms with Gasteiger partial charge >= 0.3 is 0 Å². The van der Waals surface area contributed by atoms with Crippen LogP contribution in [-0.2, 0) is 4.79 Å². The van der Waals surface area contributed by atoms with Gasteiger partial charge in [0.15, 0.2) is 0 Å². The molecule has 1 N–H and O–H groups in total. The maximum absolute atomic E-state index is 11.6. The normalized spacial score (nSPS) is 9.86. The van der Waals surface area contributed by atoms with Gasteiger partial charge in [-0.2, -0.15) is 0 Å². The first kappa shape index (κ1) is 13.2. The quantitative estimate of drug-likeness (QED) is 0.603. The molecule has 0 spiro atoms. The number of rotatable bonds is 8. The number of nitrogens with zero attached hydrogens (tertiary/aromatic N) is 1. The number of carbonyl (C=O) groups excluding carboxylic acids is 1. The highest BCUT2D eigenvalue weighted by atomic mass is 16.3. The molecule has 0 radical (unpaired) electrons. The number of aliphatic hydroxyl groups is 1. The van der Waals surface area contributed by atoms with E-state index in [9.17, 15) is 4.79 Å². The summed E-state index contributed by atoms with van der Waals surface area (Å²) in [6, 6.07) is 0. The van der Waals surface area contributed by atoms with Crippen LogP contribution in [0.5, 0.6) is 0 Å². The summed E-state index contributed by atoms with van der Waals surface area (Å²) in [6.45, 7) is 6.93. The predicted octanol–water partition coefficient (Wildman–Crippen LogP) is 1.57. The molecule has 0 saturated heterocycles. The van der Waals surface area contributed by atoms with Crippen molar-refractivity contribution in [2.24, 2.45) is 0 Å². The van der Waals surface area contributed by atoms with Gasteiger partial charge in [0.05, 0.1) is 6.61 Å². The van der Waals surface area contributed by atoms with E-state index < -0.39 is 0 Å². The summed E-state index contributed by atoms with van der Waals surface area (Å²) in [5.41, 5.74) is 0. The lowest BCUT2D eigenvalue weighted by atomic mass is 10.2. The molecule has 0 aliphatic rings. The van der Waals surface area contributed by atoms with E-state index in [4.69, 9.17) is 5.11 Å². The van der Waals surface area contributed by atoms with E-state index in [1.165, 1.54) is 0 Å². The molecule has 0 unspecified atom stereocenters. The number of carbonyl (C=O) groups is 1. The average Bonchev–Trinajstić information content (AvgIpc) is 2.20. The number of unbranched alkanes of at least 4 members (excludes halogenated alkanes) is 1. The summed E-state index contributed by atoms with van der Waals surface area (Å²) in [6.07, 6.45) is 5.03. The van der Waals surface area contributed by atoms with E-state index in [1.807, 2.05) is 0 Å². The molecule has 0 aliphatic carbocycles. The van der Waals surface area contributed by atoms with Crippen molar-refractivity contribution in [2.75, 3.05) is 19.7 Å². The van der Waals surface area contributed by atoms with Crippen molar-refractivity contribution in [2.45, 2.75) is 32.6 Å². The van der Waals surface area contributed by atoms with Crippen LogP contribution >= 0.6 is 0 Å². The van der Waals surface area contributed by atoms with Crippen LogP contribution < -0.4 is 0 Å². The number of amides is 1. The first-order valence-electron chi connectivity index (χ1n) is 5.25. The predicted molar refractivity (Wildman–Crippen MR) is 58.0 cm³/mol. The third-order valence-electron chi connectivity index (χ3n) is 2.07. The minimum Gasteiger partial charge on any atom is -0.395 e. The molecule has 0 bridgehead atoms. The van der Waals surface area contributed by atoms with Gasteiger partial charge in [0.1, 0.15) is 0 Å². The third kappa shape index (κ3) is 5.75. The Labute approximate surface area is 86.4 Å². The summed E-state index contributed by atoms with van der Waals surface area (Å²) in [5.74, 6) is 0.118. The first-order valence-corrected chi connectivity index (χ1v) is 5.25. The van der Waals surface area contributed by atoms with E-state index in [0.29, 0.717) is 19.4 Å². The van der Waals surface area contributed by atoms with Crippen molar-refractivity contribution >= 4 is 5.91 Å². The zero-order valence-corrected chi connectivity index (χ0v) is 9.04. The van der Waals surface area contributed by atoms with Crippen LogP contribution in [0.25, 0.3) is 0 Å². The minimum absolute atomic E-state index is 0.0452. The van der Waals surface area contributed by atoms with Crippen molar-refractivity contribution in [1.29, 1.82) is 0 Å². The van der Waals surface area contributed by atoms with Gasteiger partial charge in [0.25, 0.3) is 0 Å². The topological polar surface area (TPSA) is 40.5 Å². The molecule has 1 amide bonds. The molecule has 0 rings (SSSR count). The van der Waals surface area contributed by atoms with E-state index in [-0.39, 0.29) is 12.5 Å². The Hall–Kier alpha value is -0.830. The highest BCUT2D eigenvalue weighted by molar-refractivity contribution is 5.76. The van der Waals surface area contributed by atoms with Gasteiger partial charge in [-0.3, -0.25) is 4.79 Å². The Kier molecular flexibility index (Phi) is 8.24. The zero-order chi connectivity index (χ0) is 10.8. The molecule has 0 atom stereocenters. The van der Waals surface area contributed by atoms with Gasteiger partial charge in [-0.15, -0.1) is 6.58 Å². The van der Waals surface area contributed by atoms with Crippen LogP contribution in [-0.4, -0.2) is 35.6 Å². The SMILES string of the molecule is C=CCCC(=O)N(CCO)CCCC. The molecular formula is C11H21NO2. The Morgan fingerprint density at radius 1 is 1.50 bits per heavy atom. The fraction of sp³-hybridized carbons (Fsp3) is 0.727. The van der Waals surface area contributed by atoms with Crippen molar-refractivity contribution in [3.63, 3.8) is 0 Å². The Morgan fingerprint density at radius 3 is 2.71 bits per heavy atom. The van der Waals surface area contributed by atoms with Gasteiger partial charge in [-0.1, -0.05) is 19.4 Å². The van der Waals surface area contributed by atoms with Crippen molar-refractivity contribution in [3.8, 4) is 0 Å². The van der Waals surface area contributed by atoms with Gasteiger partial charge < -0.3 is 10.0 Å². The van der Waals surface area contributed by atoms with Crippen molar-refractivity contribution in [1.82, 2.24) is 4.90 Å². The molecular weight excluding hydrogens is 178 g/mol. The molecule has 0 aromatic rings. The van der Waals surface area contributed by atoms with Gasteiger partial charge in [-0.25, -0.2) is 0 Å². The second-order valence-electron chi connectivity index (χ2n) is 3.29. The molecule has 0 aromatic carbocycles. The maximum atomic E-state index is 11.6. The van der Waals surface area contributed by atoms with Crippen LogP contribution in [0.2, 0.25) is 0 Å². The number of allylic oxidation sites excluding steroid dienone is 1. The second kappa shape index (κ2) is 8.75. The first-order chi connectivity index (χ1) is 6.76. The van der Waals surface area contributed by atoms with Gasteiger partial charge in [-0.05, 0) is 12.8 Å². The highest BCUT2D eigenvalue weighted by Crippen LogP contribution is 2.01. The maximum Gasteiger partial charge on any atom is 0.222 e. The number of hydrogen-bond donors (Lipinski definition) is 1. The lowest BCUT2D eigenvalue weighted by molar-refractivity contribution is -0.131. The molecule has 3 nitrogen and oxygen atoms in total. The fourth-order valence-electron chi connectivity index (χ4n) is 1.21. The van der Waals surface area contributed by atoms with Crippen molar-refractivity contribution in [3.05, 3.63) is 12.7 Å².